The molecule has 0 amide bonds. The Hall–Kier alpha value is -2.91. The Labute approximate surface area is 151 Å². The van der Waals surface area contributed by atoms with Gasteiger partial charge in [0.05, 0.1) is 25.5 Å². The fourth-order valence-corrected chi connectivity index (χ4v) is 3.19. The Balaban J connectivity index is 1.93. The van der Waals surface area contributed by atoms with Gasteiger partial charge in [0, 0.05) is 17.1 Å². The summed E-state index contributed by atoms with van der Waals surface area (Å²) < 4.78 is 32.9. The maximum atomic E-state index is 11.2. The van der Waals surface area contributed by atoms with Gasteiger partial charge in [0.15, 0.2) is 11.5 Å². The fraction of sp³-hybridized carbons (Fsp3) is 0.176. The minimum absolute atomic E-state index is 0.208. The van der Waals surface area contributed by atoms with Crippen molar-refractivity contribution in [1.29, 1.82) is 0 Å². The van der Waals surface area contributed by atoms with Gasteiger partial charge in [-0.15, -0.1) is 0 Å². The molecule has 0 aliphatic carbocycles. The number of sulfonamides is 1. The standard InChI is InChI=1S/C17H18N4O4S/c1-24-15-7-13-14(8-16(15)25-2)19-10-20-17(13)21-12-5-3-11(4-6-12)9-26(18,22)23/h3-8,10H,9H2,1-2H3,(H2,18,22,23)(H,19,20,21). The van der Waals surface area contributed by atoms with Crippen molar-refractivity contribution in [2.75, 3.05) is 19.5 Å². The molecular formula is C17H18N4O4S. The van der Waals surface area contributed by atoms with Gasteiger partial charge in [0.25, 0.3) is 0 Å². The number of rotatable bonds is 6. The van der Waals surface area contributed by atoms with Crippen LogP contribution in [0, 0.1) is 0 Å². The van der Waals surface area contributed by atoms with Gasteiger partial charge in [-0.1, -0.05) is 12.1 Å². The molecule has 0 aliphatic heterocycles. The van der Waals surface area contributed by atoms with E-state index in [0.717, 1.165) is 11.1 Å². The molecule has 9 heteroatoms. The van der Waals surface area contributed by atoms with Crippen LogP contribution >= 0.6 is 0 Å². The summed E-state index contributed by atoms with van der Waals surface area (Å²) >= 11 is 0. The molecule has 0 unspecified atom stereocenters. The van der Waals surface area contributed by atoms with Crippen molar-refractivity contribution in [3.05, 3.63) is 48.3 Å². The zero-order chi connectivity index (χ0) is 18.7. The second kappa shape index (κ2) is 7.14. The molecule has 0 bridgehead atoms. The Morgan fingerprint density at radius 2 is 1.69 bits per heavy atom. The molecule has 1 heterocycles. The summed E-state index contributed by atoms with van der Waals surface area (Å²) in [5, 5.41) is 9.02. The van der Waals surface area contributed by atoms with Crippen molar-refractivity contribution in [2.24, 2.45) is 5.14 Å². The van der Waals surface area contributed by atoms with Crippen LogP contribution in [-0.2, 0) is 15.8 Å². The van der Waals surface area contributed by atoms with E-state index in [9.17, 15) is 8.42 Å². The van der Waals surface area contributed by atoms with E-state index in [4.69, 9.17) is 14.6 Å². The lowest BCUT2D eigenvalue weighted by atomic mass is 10.2. The average molecular weight is 374 g/mol. The summed E-state index contributed by atoms with van der Waals surface area (Å²) in [6.45, 7) is 0. The highest BCUT2D eigenvalue weighted by molar-refractivity contribution is 7.88. The number of benzene rings is 2. The van der Waals surface area contributed by atoms with Crippen molar-refractivity contribution in [3.8, 4) is 11.5 Å². The van der Waals surface area contributed by atoms with Crippen LogP contribution in [0.25, 0.3) is 10.9 Å². The van der Waals surface area contributed by atoms with E-state index in [1.54, 1.807) is 50.6 Å². The number of nitrogens with zero attached hydrogens (tertiary/aromatic N) is 2. The van der Waals surface area contributed by atoms with E-state index in [2.05, 4.69) is 15.3 Å². The third-order valence-electron chi connectivity index (χ3n) is 3.73. The number of primary sulfonamides is 1. The minimum Gasteiger partial charge on any atom is -0.493 e. The van der Waals surface area contributed by atoms with Crippen molar-refractivity contribution in [1.82, 2.24) is 9.97 Å². The predicted molar refractivity (Wildman–Crippen MR) is 99.2 cm³/mol. The van der Waals surface area contributed by atoms with Crippen LogP contribution in [0.4, 0.5) is 11.5 Å². The minimum atomic E-state index is -3.56. The van der Waals surface area contributed by atoms with Crippen molar-refractivity contribution >= 4 is 32.4 Å². The van der Waals surface area contributed by atoms with Crippen LogP contribution in [-0.4, -0.2) is 32.6 Å². The van der Waals surface area contributed by atoms with E-state index < -0.39 is 10.0 Å². The molecule has 0 atom stereocenters. The summed E-state index contributed by atoms with van der Waals surface area (Å²) in [6.07, 6.45) is 1.45. The van der Waals surface area contributed by atoms with E-state index in [0.29, 0.717) is 28.4 Å². The molecule has 3 N–H and O–H groups in total. The molecule has 8 nitrogen and oxygen atoms in total. The van der Waals surface area contributed by atoms with Crippen LogP contribution < -0.4 is 19.9 Å². The number of aromatic nitrogens is 2. The van der Waals surface area contributed by atoms with E-state index in [-0.39, 0.29) is 5.75 Å². The SMILES string of the molecule is COc1cc2ncnc(Nc3ccc(CS(N)(=O)=O)cc3)c2cc1OC. The van der Waals surface area contributed by atoms with Gasteiger partial charge in [-0.3, -0.25) is 0 Å². The molecule has 1 aromatic heterocycles. The third-order valence-corrected chi connectivity index (χ3v) is 4.46. The second-order valence-corrected chi connectivity index (χ2v) is 7.19. The van der Waals surface area contributed by atoms with Crippen LogP contribution in [0.2, 0.25) is 0 Å². The molecule has 0 saturated carbocycles. The van der Waals surface area contributed by atoms with Crippen LogP contribution in [0.15, 0.2) is 42.7 Å². The summed E-state index contributed by atoms with van der Waals surface area (Å²) in [5.41, 5.74) is 2.06. The van der Waals surface area contributed by atoms with Crippen molar-refractivity contribution in [2.45, 2.75) is 5.75 Å². The summed E-state index contributed by atoms with van der Waals surface area (Å²) in [6, 6.07) is 10.5. The first kappa shape index (κ1) is 17.9. The van der Waals surface area contributed by atoms with E-state index in [1.807, 2.05) is 0 Å². The molecule has 0 radical (unpaired) electrons. The number of nitrogens with two attached hydrogens (primary N) is 1. The lowest BCUT2D eigenvalue weighted by Crippen LogP contribution is -2.14. The lowest BCUT2D eigenvalue weighted by Gasteiger charge is -2.12. The fourth-order valence-electron chi connectivity index (χ4n) is 2.54. The average Bonchev–Trinajstić information content (AvgIpc) is 2.61. The van der Waals surface area contributed by atoms with Gasteiger partial charge < -0.3 is 14.8 Å². The first-order chi connectivity index (χ1) is 12.4. The molecule has 0 aliphatic rings. The first-order valence-corrected chi connectivity index (χ1v) is 9.34. The van der Waals surface area contributed by atoms with Gasteiger partial charge in [0.1, 0.15) is 12.1 Å². The van der Waals surface area contributed by atoms with Crippen molar-refractivity contribution in [3.63, 3.8) is 0 Å². The van der Waals surface area contributed by atoms with Crippen LogP contribution in [0.5, 0.6) is 11.5 Å². The molecule has 0 fully saturated rings. The van der Waals surface area contributed by atoms with Gasteiger partial charge >= 0.3 is 0 Å². The maximum Gasteiger partial charge on any atom is 0.213 e. The van der Waals surface area contributed by atoms with Crippen LogP contribution in [0.1, 0.15) is 5.56 Å². The normalized spacial score (nSPS) is 11.3. The predicted octanol–water partition coefficient (Wildman–Crippen LogP) is 2.18. The zero-order valence-electron chi connectivity index (χ0n) is 14.3. The summed E-state index contributed by atoms with van der Waals surface area (Å²) in [5.74, 6) is 1.54. The summed E-state index contributed by atoms with van der Waals surface area (Å²) in [4.78, 5) is 8.54. The number of anilines is 2. The first-order valence-electron chi connectivity index (χ1n) is 7.63. The number of hydrogen-bond donors (Lipinski definition) is 2. The Morgan fingerprint density at radius 3 is 2.31 bits per heavy atom. The highest BCUT2D eigenvalue weighted by atomic mass is 32.2. The monoisotopic (exact) mass is 374 g/mol. The van der Waals surface area contributed by atoms with Gasteiger partial charge in [-0.2, -0.15) is 0 Å². The lowest BCUT2D eigenvalue weighted by molar-refractivity contribution is 0.356. The Kier molecular flexibility index (Phi) is 4.92. The Morgan fingerprint density at radius 1 is 1.04 bits per heavy atom. The van der Waals surface area contributed by atoms with Crippen molar-refractivity contribution < 1.29 is 17.9 Å². The highest BCUT2D eigenvalue weighted by Crippen LogP contribution is 2.34. The number of fused-ring (bicyclic) bond motifs is 1. The molecule has 3 aromatic rings. The van der Waals surface area contributed by atoms with E-state index in [1.165, 1.54) is 6.33 Å². The molecule has 2 aromatic carbocycles. The second-order valence-electron chi connectivity index (χ2n) is 5.58. The maximum absolute atomic E-state index is 11.2. The van der Waals surface area contributed by atoms with Gasteiger partial charge in [-0.25, -0.2) is 23.5 Å². The number of nitrogens with one attached hydrogen (secondary N) is 1. The topological polar surface area (TPSA) is 116 Å². The molecular weight excluding hydrogens is 356 g/mol. The molecule has 3 rings (SSSR count). The highest BCUT2D eigenvalue weighted by Gasteiger charge is 2.11. The Bertz CT molecular complexity index is 1040. The molecule has 136 valence electrons. The zero-order valence-corrected chi connectivity index (χ0v) is 15.1. The van der Waals surface area contributed by atoms with Gasteiger partial charge in [-0.05, 0) is 23.8 Å². The summed E-state index contributed by atoms with van der Waals surface area (Å²) in [7, 11) is -0.436. The number of ether oxygens (including phenoxy) is 2. The smallest absolute Gasteiger partial charge is 0.213 e. The molecule has 26 heavy (non-hydrogen) atoms. The molecule has 0 spiro atoms. The largest absolute Gasteiger partial charge is 0.493 e. The quantitative estimate of drug-likeness (QED) is 0.679. The molecule has 0 saturated heterocycles. The number of methoxy groups -OCH3 is 2. The third kappa shape index (κ3) is 4.01. The van der Waals surface area contributed by atoms with E-state index >= 15 is 0 Å². The van der Waals surface area contributed by atoms with Crippen LogP contribution in [0.3, 0.4) is 0 Å². The number of hydrogen-bond acceptors (Lipinski definition) is 7. The van der Waals surface area contributed by atoms with Gasteiger partial charge in [0.2, 0.25) is 10.0 Å².